The summed E-state index contributed by atoms with van der Waals surface area (Å²) in [6.45, 7) is 3.69. The van der Waals surface area contributed by atoms with Gasteiger partial charge in [-0.25, -0.2) is 13.9 Å². The Hall–Kier alpha value is -1.53. The van der Waals surface area contributed by atoms with E-state index in [9.17, 15) is 14.3 Å². The molecule has 0 fully saturated rings. The van der Waals surface area contributed by atoms with Gasteiger partial charge >= 0.3 is 5.97 Å². The average Bonchev–Trinajstić information content (AvgIpc) is 2.78. The summed E-state index contributed by atoms with van der Waals surface area (Å²) in [5.41, 5.74) is 1.75. The van der Waals surface area contributed by atoms with Crippen LogP contribution < -0.4 is 0 Å². The van der Waals surface area contributed by atoms with E-state index < -0.39 is 11.8 Å². The molecule has 2 aromatic rings. The van der Waals surface area contributed by atoms with E-state index in [1.807, 2.05) is 13.2 Å². The summed E-state index contributed by atoms with van der Waals surface area (Å²) in [5, 5.41) is 14.1. The minimum absolute atomic E-state index is 0.0247. The molecule has 22 heavy (non-hydrogen) atoms. The molecule has 0 saturated carbocycles. The van der Waals surface area contributed by atoms with Crippen LogP contribution in [0, 0.1) is 12.7 Å². The zero-order chi connectivity index (χ0) is 16.4. The van der Waals surface area contributed by atoms with Crippen LogP contribution in [-0.4, -0.2) is 32.4 Å². The number of carboxylic acid groups (broad SMARTS) is 1. The summed E-state index contributed by atoms with van der Waals surface area (Å²) >= 11 is 7.44. The first-order chi connectivity index (χ1) is 10.3. The highest BCUT2D eigenvalue weighted by atomic mass is 35.5. The maximum Gasteiger partial charge on any atom is 0.339 e. The Labute approximate surface area is 137 Å². The van der Waals surface area contributed by atoms with Gasteiger partial charge in [0.2, 0.25) is 0 Å². The molecule has 0 aliphatic rings. The second-order valence-corrected chi connectivity index (χ2v) is 6.66. The monoisotopic (exact) mass is 342 g/mol. The van der Waals surface area contributed by atoms with E-state index in [0.717, 1.165) is 0 Å². The molecule has 1 aromatic heterocycles. The van der Waals surface area contributed by atoms with Crippen LogP contribution in [-0.2, 0) is 6.42 Å². The van der Waals surface area contributed by atoms with Crippen molar-refractivity contribution in [3.8, 4) is 5.69 Å². The van der Waals surface area contributed by atoms with Crippen molar-refractivity contribution in [3.63, 3.8) is 0 Å². The molecule has 0 aliphatic heterocycles. The van der Waals surface area contributed by atoms with Gasteiger partial charge in [-0.15, -0.1) is 0 Å². The molecule has 0 bridgehead atoms. The van der Waals surface area contributed by atoms with Gasteiger partial charge in [0.05, 0.1) is 22.1 Å². The molecule has 1 heterocycles. The fourth-order valence-electron chi connectivity index (χ4n) is 2.21. The smallest absolute Gasteiger partial charge is 0.339 e. The number of benzene rings is 1. The first-order valence-corrected chi connectivity index (χ1v) is 8.31. The van der Waals surface area contributed by atoms with Gasteiger partial charge in [-0.05, 0) is 31.4 Å². The molecule has 1 unspecified atom stereocenters. The van der Waals surface area contributed by atoms with Crippen LogP contribution in [0.25, 0.3) is 5.69 Å². The number of aromatic nitrogens is 2. The molecule has 0 saturated heterocycles. The minimum atomic E-state index is -1.01. The van der Waals surface area contributed by atoms with Crippen molar-refractivity contribution < 1.29 is 14.3 Å². The van der Waals surface area contributed by atoms with Gasteiger partial charge in [-0.2, -0.15) is 16.9 Å². The van der Waals surface area contributed by atoms with Gasteiger partial charge in [0.15, 0.2) is 0 Å². The lowest BCUT2D eigenvalue weighted by atomic mass is 10.1. The normalized spacial score (nSPS) is 12.4. The van der Waals surface area contributed by atoms with Crippen molar-refractivity contribution in [1.29, 1.82) is 0 Å². The molecular weight excluding hydrogens is 327 g/mol. The van der Waals surface area contributed by atoms with Crippen molar-refractivity contribution in [1.82, 2.24) is 9.78 Å². The standard InChI is InChI=1S/C15H16ClFN2O2S/c1-8(22-3)6-13-14(15(20)21)9(2)19(18-13)10-4-5-12(17)11(16)7-10/h4-5,7-8H,6H2,1-3H3,(H,20,21). The second kappa shape index (κ2) is 6.71. The predicted molar refractivity (Wildman–Crippen MR) is 86.9 cm³/mol. The number of aromatic carboxylic acids is 1. The number of carbonyl (C=O) groups is 1. The van der Waals surface area contributed by atoms with Crippen molar-refractivity contribution in [3.05, 3.63) is 46.0 Å². The van der Waals surface area contributed by atoms with Gasteiger partial charge in [0, 0.05) is 11.7 Å². The summed E-state index contributed by atoms with van der Waals surface area (Å²) < 4.78 is 14.8. The molecule has 0 aliphatic carbocycles. The lowest BCUT2D eigenvalue weighted by Gasteiger charge is -2.06. The average molecular weight is 343 g/mol. The van der Waals surface area contributed by atoms with Gasteiger partial charge in [0.25, 0.3) is 0 Å². The van der Waals surface area contributed by atoms with Crippen LogP contribution in [0.5, 0.6) is 0 Å². The fourth-order valence-corrected chi connectivity index (χ4v) is 2.70. The minimum Gasteiger partial charge on any atom is -0.478 e. The molecule has 0 radical (unpaired) electrons. The Balaban J connectivity index is 2.54. The van der Waals surface area contributed by atoms with Crippen LogP contribution in [0.15, 0.2) is 18.2 Å². The number of rotatable bonds is 5. The Morgan fingerprint density at radius 2 is 2.23 bits per heavy atom. The number of hydrogen-bond donors (Lipinski definition) is 1. The van der Waals surface area contributed by atoms with E-state index in [-0.39, 0.29) is 15.8 Å². The Kier molecular flexibility index (Phi) is 5.13. The lowest BCUT2D eigenvalue weighted by molar-refractivity contribution is 0.0695. The SMILES string of the molecule is CSC(C)Cc1nn(-c2ccc(F)c(Cl)c2)c(C)c1C(=O)O. The first-order valence-electron chi connectivity index (χ1n) is 6.65. The van der Waals surface area contributed by atoms with Crippen molar-refractivity contribution in [2.24, 2.45) is 0 Å². The van der Waals surface area contributed by atoms with E-state index in [2.05, 4.69) is 5.10 Å². The van der Waals surface area contributed by atoms with Crippen molar-refractivity contribution >= 4 is 29.3 Å². The van der Waals surface area contributed by atoms with E-state index >= 15 is 0 Å². The lowest BCUT2D eigenvalue weighted by Crippen LogP contribution is -2.07. The summed E-state index contributed by atoms with van der Waals surface area (Å²) in [5.74, 6) is -1.54. The van der Waals surface area contributed by atoms with Crippen LogP contribution in [0.3, 0.4) is 0 Å². The summed E-state index contributed by atoms with van der Waals surface area (Å²) in [4.78, 5) is 11.5. The van der Waals surface area contributed by atoms with Gasteiger partial charge in [-0.3, -0.25) is 0 Å². The molecule has 0 spiro atoms. The van der Waals surface area contributed by atoms with E-state index in [0.29, 0.717) is 23.5 Å². The summed E-state index contributed by atoms with van der Waals surface area (Å²) in [7, 11) is 0. The zero-order valence-electron chi connectivity index (χ0n) is 12.4. The highest BCUT2D eigenvalue weighted by molar-refractivity contribution is 7.99. The number of halogens is 2. The van der Waals surface area contributed by atoms with Crippen molar-refractivity contribution in [2.75, 3.05) is 6.26 Å². The van der Waals surface area contributed by atoms with Crippen molar-refractivity contribution in [2.45, 2.75) is 25.5 Å². The van der Waals surface area contributed by atoms with E-state index in [1.54, 1.807) is 18.7 Å². The molecule has 7 heteroatoms. The Morgan fingerprint density at radius 1 is 1.55 bits per heavy atom. The zero-order valence-corrected chi connectivity index (χ0v) is 14.0. The fraction of sp³-hybridized carbons (Fsp3) is 0.333. The largest absolute Gasteiger partial charge is 0.478 e. The summed E-state index contributed by atoms with van der Waals surface area (Å²) in [6, 6.07) is 4.20. The van der Waals surface area contributed by atoms with Crippen LogP contribution >= 0.6 is 23.4 Å². The molecule has 1 N–H and O–H groups in total. The molecule has 1 aromatic carbocycles. The molecule has 1 atom stereocenters. The first kappa shape index (κ1) is 16.8. The quantitative estimate of drug-likeness (QED) is 0.893. The molecule has 118 valence electrons. The third kappa shape index (κ3) is 3.28. The predicted octanol–water partition coefficient (Wildman–Crippen LogP) is 3.97. The van der Waals surface area contributed by atoms with Gasteiger partial charge in [-0.1, -0.05) is 18.5 Å². The highest BCUT2D eigenvalue weighted by Gasteiger charge is 2.22. The van der Waals surface area contributed by atoms with E-state index in [4.69, 9.17) is 11.6 Å². The molecule has 0 amide bonds. The number of hydrogen-bond acceptors (Lipinski definition) is 3. The second-order valence-electron chi connectivity index (χ2n) is 4.97. The Morgan fingerprint density at radius 3 is 2.77 bits per heavy atom. The summed E-state index contributed by atoms with van der Waals surface area (Å²) in [6.07, 6.45) is 2.51. The van der Waals surface area contributed by atoms with Crippen LogP contribution in [0.1, 0.15) is 28.7 Å². The number of thioether (sulfide) groups is 1. The maximum atomic E-state index is 13.3. The third-order valence-corrected chi connectivity index (χ3v) is 4.69. The number of nitrogens with zero attached hydrogens (tertiary/aromatic N) is 2. The Bertz CT molecular complexity index is 718. The topological polar surface area (TPSA) is 55.1 Å². The van der Waals surface area contributed by atoms with Crippen LogP contribution in [0.4, 0.5) is 4.39 Å². The molecule has 4 nitrogen and oxygen atoms in total. The maximum absolute atomic E-state index is 13.3. The highest BCUT2D eigenvalue weighted by Crippen LogP contribution is 2.24. The van der Waals surface area contributed by atoms with Crippen LogP contribution in [0.2, 0.25) is 5.02 Å². The van der Waals surface area contributed by atoms with Gasteiger partial charge in [0.1, 0.15) is 11.4 Å². The molecule has 2 rings (SSSR count). The molecular formula is C15H16ClFN2O2S. The van der Waals surface area contributed by atoms with E-state index in [1.165, 1.54) is 22.9 Å². The van der Waals surface area contributed by atoms with Gasteiger partial charge < -0.3 is 5.11 Å². The number of carboxylic acids is 1. The third-order valence-electron chi connectivity index (χ3n) is 3.43.